The SMILES string of the molecule is Cc1nc2ccccc2n1C1C[C@H]2CC[C@@H](C1)N2CC[C@H](NC(=O)c1cc[n+]([O-])cc1)c1cccc(F)c1. The molecule has 4 heterocycles. The molecule has 2 saturated heterocycles. The maximum atomic E-state index is 14.1. The first-order chi connectivity index (χ1) is 18.5. The minimum Gasteiger partial charge on any atom is -0.619 e. The van der Waals surface area contributed by atoms with Crippen LogP contribution in [0.15, 0.2) is 73.1 Å². The average molecular weight is 514 g/mol. The Morgan fingerprint density at radius 3 is 2.55 bits per heavy atom. The summed E-state index contributed by atoms with van der Waals surface area (Å²) < 4.78 is 17.2. The molecular weight excluding hydrogens is 481 g/mol. The highest BCUT2D eigenvalue weighted by Gasteiger charge is 2.41. The maximum Gasteiger partial charge on any atom is 0.252 e. The van der Waals surface area contributed by atoms with Gasteiger partial charge in [0.1, 0.15) is 11.6 Å². The number of piperidine rings is 1. The highest BCUT2D eigenvalue weighted by molar-refractivity contribution is 5.94. The van der Waals surface area contributed by atoms with Gasteiger partial charge in [-0.2, -0.15) is 4.73 Å². The number of para-hydroxylation sites is 2. The number of nitrogens with one attached hydrogen (secondary N) is 1. The van der Waals surface area contributed by atoms with Gasteiger partial charge in [-0.05, 0) is 68.9 Å². The van der Waals surface area contributed by atoms with Crippen LogP contribution in [0.25, 0.3) is 11.0 Å². The standard InChI is InChI=1S/C30H32FN5O2/c1-20-32-28-7-2-3-8-29(28)36(20)26-18-24-9-10-25(19-26)35(24)16-13-27(22-5-4-6-23(31)17-22)33-30(37)21-11-14-34(38)15-12-21/h2-8,11-12,14-15,17,24-27H,9-10,13,16,18-19H2,1H3,(H,33,37)/t24-,25+,26?,27-/m0/s1. The fourth-order valence-electron chi connectivity index (χ4n) is 6.58. The Morgan fingerprint density at radius 2 is 1.82 bits per heavy atom. The van der Waals surface area contributed by atoms with Crippen LogP contribution in [0.5, 0.6) is 0 Å². The van der Waals surface area contributed by atoms with Crippen LogP contribution >= 0.6 is 0 Å². The summed E-state index contributed by atoms with van der Waals surface area (Å²) in [7, 11) is 0. The second kappa shape index (κ2) is 10.2. The zero-order valence-electron chi connectivity index (χ0n) is 21.5. The molecular formula is C30H32FN5O2. The number of imidazole rings is 1. The number of hydrogen-bond donors (Lipinski definition) is 1. The van der Waals surface area contributed by atoms with Gasteiger partial charge in [0.05, 0.1) is 22.6 Å². The first-order valence-electron chi connectivity index (χ1n) is 13.4. The molecule has 0 radical (unpaired) electrons. The van der Waals surface area contributed by atoms with Gasteiger partial charge in [-0.3, -0.25) is 9.69 Å². The van der Waals surface area contributed by atoms with E-state index in [1.165, 1.54) is 55.0 Å². The minimum absolute atomic E-state index is 0.274. The molecule has 1 N–H and O–H groups in total. The Kier molecular flexibility index (Phi) is 6.57. The lowest BCUT2D eigenvalue weighted by atomic mass is 9.95. The Morgan fingerprint density at radius 1 is 1.08 bits per heavy atom. The van der Waals surface area contributed by atoms with E-state index in [2.05, 4.69) is 39.9 Å². The second-order valence-corrected chi connectivity index (χ2v) is 10.6. The van der Waals surface area contributed by atoms with Crippen LogP contribution in [0.4, 0.5) is 4.39 Å². The van der Waals surface area contributed by atoms with Crippen LogP contribution in [0.3, 0.4) is 0 Å². The van der Waals surface area contributed by atoms with Gasteiger partial charge < -0.3 is 15.1 Å². The van der Waals surface area contributed by atoms with E-state index in [1.807, 2.05) is 12.1 Å². The second-order valence-electron chi connectivity index (χ2n) is 10.6. The first-order valence-corrected chi connectivity index (χ1v) is 13.4. The molecule has 38 heavy (non-hydrogen) atoms. The predicted octanol–water partition coefficient (Wildman–Crippen LogP) is 4.85. The largest absolute Gasteiger partial charge is 0.619 e. The topological polar surface area (TPSA) is 77.1 Å². The number of aromatic nitrogens is 3. The van der Waals surface area contributed by atoms with Gasteiger partial charge in [0.2, 0.25) is 0 Å². The van der Waals surface area contributed by atoms with Crippen molar-refractivity contribution in [1.82, 2.24) is 19.8 Å². The smallest absolute Gasteiger partial charge is 0.252 e. The Hall–Kier alpha value is -3.78. The van der Waals surface area contributed by atoms with Gasteiger partial charge in [-0.1, -0.05) is 24.3 Å². The monoisotopic (exact) mass is 513 g/mol. The van der Waals surface area contributed by atoms with Crippen LogP contribution in [-0.2, 0) is 0 Å². The molecule has 0 spiro atoms. The van der Waals surface area contributed by atoms with Crippen molar-refractivity contribution in [2.24, 2.45) is 0 Å². The van der Waals surface area contributed by atoms with Gasteiger partial charge in [0.15, 0.2) is 12.4 Å². The van der Waals surface area contributed by atoms with Crippen molar-refractivity contribution >= 4 is 16.9 Å². The molecule has 2 aliphatic heterocycles. The van der Waals surface area contributed by atoms with E-state index in [9.17, 15) is 14.4 Å². The lowest BCUT2D eigenvalue weighted by Crippen LogP contribution is -2.45. The number of hydrogen-bond acceptors (Lipinski definition) is 4. The van der Waals surface area contributed by atoms with Crippen molar-refractivity contribution in [2.45, 2.75) is 63.2 Å². The third kappa shape index (κ3) is 4.76. The van der Waals surface area contributed by atoms with E-state index in [-0.39, 0.29) is 17.8 Å². The summed E-state index contributed by atoms with van der Waals surface area (Å²) in [4.78, 5) is 20.4. The van der Waals surface area contributed by atoms with E-state index in [4.69, 9.17) is 4.98 Å². The summed E-state index contributed by atoms with van der Waals surface area (Å²) in [5, 5.41) is 14.5. The van der Waals surface area contributed by atoms with Crippen molar-refractivity contribution in [3.05, 3.63) is 101 Å². The summed E-state index contributed by atoms with van der Waals surface area (Å²) in [6.45, 7) is 2.92. The third-order valence-electron chi connectivity index (χ3n) is 8.29. The predicted molar refractivity (Wildman–Crippen MR) is 143 cm³/mol. The molecule has 4 aromatic rings. The zero-order chi connectivity index (χ0) is 26.2. The number of halogens is 1. The summed E-state index contributed by atoms with van der Waals surface area (Å²) in [5.74, 6) is 0.475. The van der Waals surface area contributed by atoms with Gasteiger partial charge in [0.25, 0.3) is 5.91 Å². The number of pyridine rings is 1. The molecule has 1 unspecified atom stereocenters. The summed E-state index contributed by atoms with van der Waals surface area (Å²) >= 11 is 0. The van der Waals surface area contributed by atoms with Crippen LogP contribution < -0.4 is 10.0 Å². The molecule has 2 aromatic heterocycles. The fraction of sp³-hybridized carbons (Fsp3) is 0.367. The number of rotatable bonds is 7. The van der Waals surface area contributed by atoms with Gasteiger partial charge >= 0.3 is 0 Å². The molecule has 4 atom stereocenters. The molecule has 196 valence electrons. The molecule has 0 saturated carbocycles. The number of nitrogens with zero attached hydrogens (tertiary/aromatic N) is 4. The van der Waals surface area contributed by atoms with E-state index < -0.39 is 0 Å². The third-order valence-corrected chi connectivity index (χ3v) is 8.29. The van der Waals surface area contributed by atoms with Gasteiger partial charge in [0, 0.05) is 36.8 Å². The highest BCUT2D eigenvalue weighted by atomic mass is 19.1. The van der Waals surface area contributed by atoms with Crippen molar-refractivity contribution < 1.29 is 13.9 Å². The van der Waals surface area contributed by atoms with E-state index in [1.54, 1.807) is 6.07 Å². The fourth-order valence-corrected chi connectivity index (χ4v) is 6.58. The average Bonchev–Trinajstić information content (AvgIpc) is 3.37. The van der Waals surface area contributed by atoms with E-state index in [0.29, 0.717) is 34.8 Å². The number of carbonyl (C=O) groups excluding carboxylic acids is 1. The normalized spacial score (nSPS) is 22.0. The molecule has 2 bridgehead atoms. The van der Waals surface area contributed by atoms with E-state index >= 15 is 0 Å². The minimum atomic E-state index is -0.338. The van der Waals surface area contributed by atoms with Gasteiger partial charge in [-0.15, -0.1) is 0 Å². The summed E-state index contributed by atoms with van der Waals surface area (Å²) in [5.41, 5.74) is 3.41. The number of carbonyl (C=O) groups is 1. The van der Waals surface area contributed by atoms with Gasteiger partial charge in [-0.25, -0.2) is 9.37 Å². The number of aryl methyl sites for hydroxylation is 1. The van der Waals surface area contributed by atoms with Crippen LogP contribution in [0.1, 0.15) is 65.9 Å². The van der Waals surface area contributed by atoms with Crippen LogP contribution in [-0.4, -0.2) is 39.0 Å². The number of fused-ring (bicyclic) bond motifs is 3. The Balaban J connectivity index is 1.18. The van der Waals surface area contributed by atoms with E-state index in [0.717, 1.165) is 36.3 Å². The van der Waals surface area contributed by atoms with Crippen molar-refractivity contribution in [3.8, 4) is 0 Å². The van der Waals surface area contributed by atoms with Crippen molar-refractivity contribution in [2.75, 3.05) is 6.54 Å². The maximum absolute atomic E-state index is 14.1. The molecule has 1 amide bonds. The van der Waals surface area contributed by atoms with Crippen molar-refractivity contribution in [3.63, 3.8) is 0 Å². The van der Waals surface area contributed by atoms with Crippen molar-refractivity contribution in [1.29, 1.82) is 0 Å². The lowest BCUT2D eigenvalue weighted by molar-refractivity contribution is -0.605. The zero-order valence-corrected chi connectivity index (χ0v) is 21.5. The molecule has 2 aliphatic rings. The molecule has 2 aromatic carbocycles. The lowest BCUT2D eigenvalue weighted by Gasteiger charge is -2.40. The Bertz CT molecular complexity index is 1440. The van der Waals surface area contributed by atoms with Crippen LogP contribution in [0, 0.1) is 17.9 Å². The Labute approximate surface area is 221 Å². The molecule has 0 aliphatic carbocycles. The summed E-state index contributed by atoms with van der Waals surface area (Å²) in [6.07, 6.45) is 7.78. The highest BCUT2D eigenvalue weighted by Crippen LogP contribution is 2.42. The quantitative estimate of drug-likeness (QED) is 0.283. The molecule has 2 fully saturated rings. The summed E-state index contributed by atoms with van der Waals surface area (Å²) in [6, 6.07) is 18.9. The number of amides is 1. The molecule has 6 rings (SSSR count). The first kappa shape index (κ1) is 24.6. The molecule has 8 heteroatoms. The molecule has 7 nitrogen and oxygen atoms in total. The number of benzene rings is 2. The van der Waals surface area contributed by atoms with Crippen LogP contribution in [0.2, 0.25) is 0 Å².